The Kier molecular flexibility index (Phi) is 9.17. The van der Waals surface area contributed by atoms with Crippen molar-refractivity contribution >= 4 is 35.4 Å². The fraction of sp³-hybridized carbons (Fsp3) is 0.615. The Balaban J connectivity index is 1.44. The summed E-state index contributed by atoms with van der Waals surface area (Å²) in [7, 11) is 0. The van der Waals surface area contributed by atoms with Crippen LogP contribution in [0.5, 0.6) is 0 Å². The van der Waals surface area contributed by atoms with Crippen molar-refractivity contribution in [2.75, 3.05) is 5.75 Å². The van der Waals surface area contributed by atoms with Crippen LogP contribution in [0.3, 0.4) is 0 Å². The number of hydrogen-bond acceptors (Lipinski definition) is 5. The number of hydrogen-bond donors (Lipinski definition) is 1. The third kappa shape index (κ3) is 6.20. The lowest BCUT2D eigenvalue weighted by Crippen LogP contribution is -2.52. The molecule has 1 aromatic rings. The lowest BCUT2D eigenvalue weighted by Gasteiger charge is -2.30. The number of piperidine rings is 1. The highest BCUT2D eigenvalue weighted by Gasteiger charge is 2.39. The minimum Gasteiger partial charge on any atom is -0.338 e. The average molecular weight is 488 g/mol. The largest absolute Gasteiger partial charge is 0.338 e. The number of thioether (sulfide) groups is 1. The van der Waals surface area contributed by atoms with Crippen LogP contribution in [0.15, 0.2) is 23.1 Å². The van der Waals surface area contributed by atoms with E-state index in [1.54, 1.807) is 16.7 Å². The lowest BCUT2D eigenvalue weighted by atomic mass is 10.0. The van der Waals surface area contributed by atoms with E-state index in [4.69, 9.17) is 0 Å². The summed E-state index contributed by atoms with van der Waals surface area (Å²) in [5.41, 5.74) is 1.64. The molecule has 7 nitrogen and oxygen atoms in total. The highest BCUT2D eigenvalue weighted by molar-refractivity contribution is 7.99. The summed E-state index contributed by atoms with van der Waals surface area (Å²) in [6.07, 6.45) is 5.30. The Morgan fingerprint density at radius 1 is 1.09 bits per heavy atom. The first kappa shape index (κ1) is 26.3. The molecule has 4 amide bonds. The Morgan fingerprint density at radius 2 is 1.79 bits per heavy atom. The molecule has 0 aliphatic carbocycles. The zero-order valence-electron chi connectivity index (χ0n) is 20.8. The van der Waals surface area contributed by atoms with E-state index in [9.17, 15) is 19.2 Å². The fourth-order valence-electron chi connectivity index (χ4n) is 4.91. The zero-order chi connectivity index (χ0) is 24.8. The first-order valence-electron chi connectivity index (χ1n) is 12.4. The maximum absolute atomic E-state index is 12.9. The second kappa shape index (κ2) is 11.9. The van der Waals surface area contributed by atoms with Gasteiger partial charge in [0.1, 0.15) is 6.04 Å². The van der Waals surface area contributed by atoms with Gasteiger partial charge in [-0.05, 0) is 70.4 Å². The minimum absolute atomic E-state index is 0.131. The van der Waals surface area contributed by atoms with Gasteiger partial charge in [0, 0.05) is 41.9 Å². The first-order valence-corrected chi connectivity index (χ1v) is 13.4. The van der Waals surface area contributed by atoms with Crippen LogP contribution in [-0.2, 0) is 20.9 Å². The van der Waals surface area contributed by atoms with E-state index >= 15 is 0 Å². The van der Waals surface area contributed by atoms with Crippen molar-refractivity contribution in [3.8, 4) is 0 Å². The monoisotopic (exact) mass is 487 g/mol. The highest BCUT2D eigenvalue weighted by atomic mass is 32.2. The number of carbonyl (C=O) groups is 4. The van der Waals surface area contributed by atoms with Crippen molar-refractivity contribution in [2.24, 2.45) is 0 Å². The van der Waals surface area contributed by atoms with Crippen molar-refractivity contribution in [3.05, 3.63) is 29.3 Å². The number of nitrogens with zero attached hydrogens (tertiary/aromatic N) is 2. The van der Waals surface area contributed by atoms with Crippen molar-refractivity contribution in [2.45, 2.75) is 102 Å². The molecule has 0 saturated carbocycles. The first-order chi connectivity index (χ1) is 16.2. The average Bonchev–Trinajstić information content (AvgIpc) is 3.09. The molecule has 1 atom stereocenters. The van der Waals surface area contributed by atoms with Crippen LogP contribution >= 0.6 is 11.8 Å². The van der Waals surface area contributed by atoms with E-state index in [-0.39, 0.29) is 42.1 Å². The van der Waals surface area contributed by atoms with Crippen LogP contribution in [0.2, 0.25) is 0 Å². The molecule has 186 valence electrons. The third-order valence-electron chi connectivity index (χ3n) is 6.48. The van der Waals surface area contributed by atoms with E-state index in [1.165, 1.54) is 0 Å². The molecule has 0 bridgehead atoms. The SMILES string of the molecule is CC(C)N(C(=O)CCCCCCSc1cccc2c1CN(C1CCC(=O)NC1=O)C2=O)C(C)C. The van der Waals surface area contributed by atoms with Gasteiger partial charge >= 0.3 is 0 Å². The quantitative estimate of drug-likeness (QED) is 0.288. The van der Waals surface area contributed by atoms with Gasteiger partial charge in [0.25, 0.3) is 5.91 Å². The van der Waals surface area contributed by atoms with Crippen molar-refractivity contribution in [3.63, 3.8) is 0 Å². The third-order valence-corrected chi connectivity index (χ3v) is 7.67. The van der Waals surface area contributed by atoms with E-state index in [2.05, 4.69) is 33.0 Å². The topological polar surface area (TPSA) is 86.8 Å². The van der Waals surface area contributed by atoms with Gasteiger partial charge < -0.3 is 9.80 Å². The Hall–Kier alpha value is -2.35. The number of carbonyl (C=O) groups excluding carboxylic acids is 4. The van der Waals surface area contributed by atoms with E-state index < -0.39 is 6.04 Å². The van der Waals surface area contributed by atoms with E-state index in [0.29, 0.717) is 24.9 Å². The molecule has 1 N–H and O–H groups in total. The molecule has 2 heterocycles. The number of imide groups is 1. The molecule has 1 saturated heterocycles. The summed E-state index contributed by atoms with van der Waals surface area (Å²) in [5, 5.41) is 2.35. The summed E-state index contributed by atoms with van der Waals surface area (Å²) < 4.78 is 0. The number of nitrogens with one attached hydrogen (secondary N) is 1. The lowest BCUT2D eigenvalue weighted by molar-refractivity contribution is -0.137. The van der Waals surface area contributed by atoms with Gasteiger partial charge in [-0.1, -0.05) is 18.9 Å². The number of amides is 4. The molecule has 1 aromatic carbocycles. The van der Waals surface area contributed by atoms with Crippen molar-refractivity contribution < 1.29 is 19.2 Å². The van der Waals surface area contributed by atoms with Gasteiger partial charge in [0.05, 0.1) is 0 Å². The predicted octanol–water partition coefficient (Wildman–Crippen LogP) is 4.14. The summed E-state index contributed by atoms with van der Waals surface area (Å²) in [6.45, 7) is 8.66. The maximum atomic E-state index is 12.9. The van der Waals surface area contributed by atoms with Crippen LogP contribution < -0.4 is 5.32 Å². The van der Waals surface area contributed by atoms with E-state index in [0.717, 1.165) is 41.9 Å². The van der Waals surface area contributed by atoms with E-state index in [1.807, 2.05) is 23.1 Å². The molecule has 1 unspecified atom stereocenters. The molecule has 0 aromatic heterocycles. The molecule has 34 heavy (non-hydrogen) atoms. The molecule has 0 spiro atoms. The van der Waals surface area contributed by atoms with Crippen LogP contribution in [0, 0.1) is 0 Å². The van der Waals surface area contributed by atoms with Gasteiger partial charge in [-0.25, -0.2) is 0 Å². The number of benzene rings is 1. The maximum Gasteiger partial charge on any atom is 0.255 e. The number of fused-ring (bicyclic) bond motifs is 1. The summed E-state index contributed by atoms with van der Waals surface area (Å²) in [5.74, 6) is 0.400. The second-order valence-corrected chi connectivity index (χ2v) is 10.8. The van der Waals surface area contributed by atoms with Gasteiger partial charge in [-0.15, -0.1) is 11.8 Å². The van der Waals surface area contributed by atoms with Gasteiger partial charge in [-0.2, -0.15) is 0 Å². The molecule has 8 heteroatoms. The molecule has 3 rings (SSSR count). The van der Waals surface area contributed by atoms with Crippen LogP contribution in [0.1, 0.15) is 88.6 Å². The van der Waals surface area contributed by atoms with Crippen molar-refractivity contribution in [1.82, 2.24) is 15.1 Å². The van der Waals surface area contributed by atoms with Gasteiger partial charge in [0.15, 0.2) is 0 Å². The molecule has 2 aliphatic heterocycles. The Morgan fingerprint density at radius 3 is 2.47 bits per heavy atom. The van der Waals surface area contributed by atoms with Crippen molar-refractivity contribution in [1.29, 1.82) is 0 Å². The molecule has 2 aliphatic rings. The summed E-state index contributed by atoms with van der Waals surface area (Å²) in [6, 6.07) is 5.63. The Bertz CT molecular complexity index is 923. The smallest absolute Gasteiger partial charge is 0.255 e. The molecule has 1 fully saturated rings. The van der Waals surface area contributed by atoms with Gasteiger partial charge in [-0.3, -0.25) is 24.5 Å². The predicted molar refractivity (Wildman–Crippen MR) is 133 cm³/mol. The summed E-state index contributed by atoms with van der Waals surface area (Å²) in [4.78, 5) is 53.8. The minimum atomic E-state index is -0.583. The normalized spacial score (nSPS) is 18.0. The molecule has 0 radical (unpaired) electrons. The van der Waals surface area contributed by atoms with Crippen LogP contribution in [0.4, 0.5) is 0 Å². The molecular weight excluding hydrogens is 450 g/mol. The van der Waals surface area contributed by atoms with Crippen LogP contribution in [-0.4, -0.2) is 57.3 Å². The Labute approximate surface area is 207 Å². The summed E-state index contributed by atoms with van der Waals surface area (Å²) >= 11 is 1.75. The molecular formula is C26H37N3O4S. The van der Waals surface area contributed by atoms with Crippen LogP contribution in [0.25, 0.3) is 0 Å². The fourth-order valence-corrected chi connectivity index (χ4v) is 6.00. The second-order valence-electron chi connectivity index (χ2n) is 9.68. The highest BCUT2D eigenvalue weighted by Crippen LogP contribution is 2.34. The standard InChI is InChI=1S/C26H37N3O4S/c1-17(2)29(18(3)4)24(31)12-7-5-6-8-15-34-22-11-9-10-19-20(22)16-28(26(19)33)21-13-14-23(30)27-25(21)32/h9-11,17-18,21H,5-8,12-16H2,1-4H3,(H,27,30,32). The van der Waals surface area contributed by atoms with Gasteiger partial charge in [0.2, 0.25) is 17.7 Å². The number of unbranched alkanes of at least 4 members (excludes halogenated alkanes) is 3. The number of rotatable bonds is 11. The zero-order valence-corrected chi connectivity index (χ0v) is 21.6.